The molecule has 0 aromatic heterocycles. The standard InChI is InChI=1S/C6H9N3O4/c7-9-8-3-5(11)4(10)2-1-12-6(3)13-2/h2-6,10-11H,1H2/t2?,3?,4-,5+,6-/m0/s1. The third-order valence-corrected chi connectivity index (χ3v) is 2.28. The predicted octanol–water partition coefficient (Wildman–Crippen LogP) is -0.858. The molecule has 2 aliphatic rings. The maximum Gasteiger partial charge on any atom is 0.169 e. The fourth-order valence-electron chi connectivity index (χ4n) is 1.56. The van der Waals surface area contributed by atoms with Crippen molar-refractivity contribution in [3.8, 4) is 0 Å². The van der Waals surface area contributed by atoms with Crippen LogP contribution in [0.15, 0.2) is 5.11 Å². The SMILES string of the molecule is [N-]=[N+]=NC1[C@H]2OCC(O2)[C@H](O)[C@@H]1O. The summed E-state index contributed by atoms with van der Waals surface area (Å²) in [4.78, 5) is 2.55. The van der Waals surface area contributed by atoms with Crippen molar-refractivity contribution in [3.63, 3.8) is 0 Å². The fraction of sp³-hybridized carbons (Fsp3) is 1.00. The van der Waals surface area contributed by atoms with Gasteiger partial charge in [-0.2, -0.15) is 0 Å². The summed E-state index contributed by atoms with van der Waals surface area (Å²) >= 11 is 0. The summed E-state index contributed by atoms with van der Waals surface area (Å²) in [5.41, 5.74) is 8.20. The first-order chi connectivity index (χ1) is 6.24. The zero-order valence-corrected chi connectivity index (χ0v) is 6.65. The highest BCUT2D eigenvalue weighted by Gasteiger charge is 2.49. The van der Waals surface area contributed by atoms with Gasteiger partial charge >= 0.3 is 0 Å². The van der Waals surface area contributed by atoms with Crippen LogP contribution in [0.2, 0.25) is 0 Å². The molecular weight excluding hydrogens is 178 g/mol. The van der Waals surface area contributed by atoms with Crippen molar-refractivity contribution in [2.75, 3.05) is 6.61 Å². The molecule has 0 aromatic rings. The van der Waals surface area contributed by atoms with Crippen LogP contribution in [0.4, 0.5) is 0 Å². The molecular formula is C6H9N3O4. The summed E-state index contributed by atoms with van der Waals surface area (Å²) in [6.45, 7) is 0.223. The van der Waals surface area contributed by atoms with Gasteiger partial charge in [-0.3, -0.25) is 0 Å². The largest absolute Gasteiger partial charge is 0.390 e. The minimum absolute atomic E-state index is 0.223. The quantitative estimate of drug-likeness (QED) is 0.316. The van der Waals surface area contributed by atoms with Crippen molar-refractivity contribution in [3.05, 3.63) is 10.4 Å². The monoisotopic (exact) mass is 187 g/mol. The minimum Gasteiger partial charge on any atom is -0.390 e. The van der Waals surface area contributed by atoms with Crippen LogP contribution in [0.1, 0.15) is 0 Å². The minimum atomic E-state index is -1.11. The highest BCUT2D eigenvalue weighted by molar-refractivity contribution is 4.96. The van der Waals surface area contributed by atoms with E-state index in [-0.39, 0.29) is 6.61 Å². The molecule has 7 heteroatoms. The lowest BCUT2D eigenvalue weighted by atomic mass is 10.00. The second-order valence-electron chi connectivity index (χ2n) is 3.05. The van der Waals surface area contributed by atoms with Gasteiger partial charge in [0.1, 0.15) is 18.2 Å². The van der Waals surface area contributed by atoms with E-state index in [9.17, 15) is 10.2 Å². The van der Waals surface area contributed by atoms with Gasteiger partial charge in [0, 0.05) is 4.91 Å². The van der Waals surface area contributed by atoms with Gasteiger partial charge in [0.15, 0.2) is 6.29 Å². The Morgan fingerprint density at radius 2 is 2.15 bits per heavy atom. The summed E-state index contributed by atoms with van der Waals surface area (Å²) in [6.07, 6.45) is -3.39. The molecule has 2 heterocycles. The van der Waals surface area contributed by atoms with Crippen molar-refractivity contribution < 1.29 is 19.7 Å². The zero-order valence-electron chi connectivity index (χ0n) is 6.65. The van der Waals surface area contributed by atoms with E-state index in [4.69, 9.17) is 15.0 Å². The molecule has 5 atom stereocenters. The molecule has 2 saturated heterocycles. The number of rotatable bonds is 1. The molecule has 2 N–H and O–H groups in total. The summed E-state index contributed by atoms with van der Waals surface area (Å²) in [6, 6.07) is -0.862. The van der Waals surface area contributed by atoms with E-state index in [1.165, 1.54) is 0 Å². The van der Waals surface area contributed by atoms with E-state index in [0.717, 1.165) is 0 Å². The lowest BCUT2D eigenvalue weighted by molar-refractivity contribution is -0.177. The molecule has 0 spiro atoms. The lowest BCUT2D eigenvalue weighted by Gasteiger charge is -2.32. The van der Waals surface area contributed by atoms with Crippen molar-refractivity contribution in [2.45, 2.75) is 30.6 Å². The van der Waals surface area contributed by atoms with Crippen molar-refractivity contribution in [1.82, 2.24) is 0 Å². The molecule has 0 amide bonds. The van der Waals surface area contributed by atoms with Crippen LogP contribution in [0.3, 0.4) is 0 Å². The molecule has 2 rings (SSSR count). The molecule has 7 nitrogen and oxygen atoms in total. The normalized spacial score (nSPS) is 48.6. The highest BCUT2D eigenvalue weighted by atomic mass is 16.7. The second kappa shape index (κ2) is 3.13. The number of hydrogen-bond acceptors (Lipinski definition) is 5. The Bertz CT molecular complexity index is 254. The molecule has 0 aromatic carbocycles. The maximum absolute atomic E-state index is 9.47. The second-order valence-corrected chi connectivity index (χ2v) is 3.05. The number of aliphatic hydroxyl groups excluding tert-OH is 2. The molecule has 2 unspecified atom stereocenters. The van der Waals surface area contributed by atoms with Crippen LogP contribution in [-0.2, 0) is 9.47 Å². The number of nitrogens with zero attached hydrogens (tertiary/aromatic N) is 3. The molecule has 2 bridgehead atoms. The van der Waals surface area contributed by atoms with Crippen LogP contribution in [0, 0.1) is 0 Å². The summed E-state index contributed by atoms with van der Waals surface area (Å²) in [5, 5.41) is 22.2. The van der Waals surface area contributed by atoms with Crippen LogP contribution >= 0.6 is 0 Å². The van der Waals surface area contributed by atoms with Crippen LogP contribution in [0.5, 0.6) is 0 Å². The highest BCUT2D eigenvalue weighted by Crippen LogP contribution is 2.29. The van der Waals surface area contributed by atoms with E-state index in [2.05, 4.69) is 10.0 Å². The summed E-state index contributed by atoms with van der Waals surface area (Å²) < 4.78 is 10.2. The Kier molecular flexibility index (Phi) is 2.10. The first-order valence-corrected chi connectivity index (χ1v) is 3.91. The smallest absolute Gasteiger partial charge is 0.169 e. The maximum atomic E-state index is 9.47. The number of azide groups is 1. The van der Waals surface area contributed by atoms with Crippen molar-refractivity contribution in [2.24, 2.45) is 5.11 Å². The van der Waals surface area contributed by atoms with E-state index in [1.807, 2.05) is 0 Å². The van der Waals surface area contributed by atoms with Gasteiger partial charge in [0.25, 0.3) is 0 Å². The molecule has 0 aliphatic carbocycles. The van der Waals surface area contributed by atoms with Gasteiger partial charge in [0.2, 0.25) is 0 Å². The first-order valence-electron chi connectivity index (χ1n) is 3.91. The Labute approximate surface area is 73.5 Å². The molecule has 0 radical (unpaired) electrons. The van der Waals surface area contributed by atoms with Gasteiger partial charge < -0.3 is 19.7 Å². The van der Waals surface area contributed by atoms with Crippen LogP contribution < -0.4 is 0 Å². The van der Waals surface area contributed by atoms with E-state index in [0.29, 0.717) is 0 Å². The van der Waals surface area contributed by atoms with Gasteiger partial charge in [-0.05, 0) is 5.53 Å². The van der Waals surface area contributed by atoms with E-state index < -0.39 is 30.6 Å². The summed E-state index contributed by atoms with van der Waals surface area (Å²) in [5.74, 6) is 0. The van der Waals surface area contributed by atoms with Gasteiger partial charge in [-0.1, -0.05) is 5.11 Å². The zero-order chi connectivity index (χ0) is 9.42. The molecule has 2 fully saturated rings. The average Bonchev–Trinajstić information content (AvgIpc) is 2.56. The van der Waals surface area contributed by atoms with Crippen LogP contribution in [-0.4, -0.2) is 47.5 Å². The Morgan fingerprint density at radius 1 is 1.38 bits per heavy atom. The number of ether oxygens (including phenoxy) is 2. The number of aliphatic hydroxyl groups is 2. The third kappa shape index (κ3) is 1.27. The predicted molar refractivity (Wildman–Crippen MR) is 39.6 cm³/mol. The summed E-state index contributed by atoms with van der Waals surface area (Å²) in [7, 11) is 0. The van der Waals surface area contributed by atoms with Gasteiger partial charge in [0.05, 0.1) is 12.7 Å². The molecule has 0 saturated carbocycles. The van der Waals surface area contributed by atoms with E-state index in [1.54, 1.807) is 0 Å². The first kappa shape index (κ1) is 8.74. The van der Waals surface area contributed by atoms with Gasteiger partial charge in [-0.15, -0.1) is 0 Å². The Balaban J connectivity index is 2.21. The average molecular weight is 187 g/mol. The number of hydrogen-bond donors (Lipinski definition) is 2. The number of fused-ring (bicyclic) bond motifs is 2. The Morgan fingerprint density at radius 3 is 2.85 bits per heavy atom. The molecule has 13 heavy (non-hydrogen) atoms. The van der Waals surface area contributed by atoms with Gasteiger partial charge in [-0.25, -0.2) is 0 Å². The molecule has 72 valence electrons. The third-order valence-electron chi connectivity index (χ3n) is 2.28. The fourth-order valence-corrected chi connectivity index (χ4v) is 1.56. The Hall–Kier alpha value is -0.850. The van der Waals surface area contributed by atoms with E-state index >= 15 is 0 Å². The lowest BCUT2D eigenvalue weighted by Crippen LogP contribution is -2.52. The van der Waals surface area contributed by atoms with Crippen LogP contribution in [0.25, 0.3) is 10.4 Å². The van der Waals surface area contributed by atoms with Crippen molar-refractivity contribution >= 4 is 0 Å². The molecule has 2 aliphatic heterocycles. The topological polar surface area (TPSA) is 108 Å². The van der Waals surface area contributed by atoms with Crippen molar-refractivity contribution in [1.29, 1.82) is 0 Å².